The highest BCUT2D eigenvalue weighted by Crippen LogP contribution is 2.37. The topological polar surface area (TPSA) is 62.4 Å². The molecule has 1 fully saturated rings. The third kappa shape index (κ3) is 3.96. The molecule has 1 aliphatic carbocycles. The minimum Gasteiger partial charge on any atom is -0.355 e. The second-order valence-corrected chi connectivity index (χ2v) is 4.09. The maximum atomic E-state index is 5.35. The largest absolute Gasteiger partial charge is 0.355 e. The smallest absolute Gasteiger partial charge is 0.205 e. The van der Waals surface area contributed by atoms with E-state index in [2.05, 4.69) is 29.6 Å². The molecule has 1 rings (SSSR count). The number of unbranched alkanes of at least 4 members (excludes halogenated alkanes) is 1. The van der Waals surface area contributed by atoms with Crippen LogP contribution in [0, 0.1) is 11.8 Å². The Morgan fingerprint density at radius 2 is 2.29 bits per heavy atom. The Labute approximate surface area is 86.3 Å². The maximum Gasteiger partial charge on any atom is 0.205 e. The van der Waals surface area contributed by atoms with Crippen LogP contribution in [0.1, 0.15) is 33.1 Å². The van der Waals surface area contributed by atoms with Crippen LogP contribution in [0.2, 0.25) is 0 Å². The molecule has 0 aromatic rings. The minimum absolute atomic E-state index is 0.734. The van der Waals surface area contributed by atoms with Crippen LogP contribution in [0.25, 0.3) is 0 Å². The van der Waals surface area contributed by atoms with Gasteiger partial charge in [-0.25, -0.2) is 5.84 Å². The van der Waals surface area contributed by atoms with Crippen molar-refractivity contribution < 1.29 is 0 Å². The molecule has 1 aliphatic rings. The Bertz CT molecular complexity index is 191. The first-order valence-electron chi connectivity index (χ1n) is 5.52. The van der Waals surface area contributed by atoms with Crippen molar-refractivity contribution in [1.82, 2.24) is 10.7 Å². The lowest BCUT2D eigenvalue weighted by Crippen LogP contribution is -2.42. The fourth-order valence-corrected chi connectivity index (χ4v) is 1.40. The summed E-state index contributed by atoms with van der Waals surface area (Å²) in [4.78, 5) is 4.40. The highest BCUT2D eigenvalue weighted by Gasteiger charge is 2.31. The van der Waals surface area contributed by atoms with Gasteiger partial charge in [-0.3, -0.25) is 10.4 Å². The van der Waals surface area contributed by atoms with Gasteiger partial charge in [-0.15, -0.1) is 0 Å². The van der Waals surface area contributed by atoms with Crippen LogP contribution in [-0.2, 0) is 0 Å². The monoisotopic (exact) mass is 198 g/mol. The lowest BCUT2D eigenvalue weighted by molar-refractivity contribution is 0.715. The van der Waals surface area contributed by atoms with Gasteiger partial charge in [0, 0.05) is 13.1 Å². The van der Waals surface area contributed by atoms with Crippen LogP contribution in [0.3, 0.4) is 0 Å². The van der Waals surface area contributed by atoms with E-state index in [0.717, 1.165) is 37.3 Å². The lowest BCUT2D eigenvalue weighted by Gasteiger charge is -2.07. The van der Waals surface area contributed by atoms with E-state index in [1.54, 1.807) is 0 Å². The van der Waals surface area contributed by atoms with Crippen molar-refractivity contribution in [2.45, 2.75) is 33.1 Å². The van der Waals surface area contributed by atoms with E-state index < -0.39 is 0 Å². The Morgan fingerprint density at radius 1 is 1.57 bits per heavy atom. The molecule has 1 saturated carbocycles. The van der Waals surface area contributed by atoms with Gasteiger partial charge in [0.1, 0.15) is 0 Å². The molecule has 0 spiro atoms. The predicted molar refractivity (Wildman–Crippen MR) is 59.8 cm³/mol. The van der Waals surface area contributed by atoms with Gasteiger partial charge in [-0.1, -0.05) is 20.3 Å². The second-order valence-electron chi connectivity index (χ2n) is 4.09. The molecule has 0 saturated heterocycles. The highest BCUT2D eigenvalue weighted by atomic mass is 15.3. The highest BCUT2D eigenvalue weighted by molar-refractivity contribution is 5.79. The maximum absolute atomic E-state index is 5.35. The number of hydrazine groups is 1. The average molecular weight is 198 g/mol. The molecule has 0 amide bonds. The third-order valence-electron chi connectivity index (χ3n) is 2.72. The van der Waals surface area contributed by atoms with E-state index in [-0.39, 0.29) is 0 Å². The van der Waals surface area contributed by atoms with Gasteiger partial charge in [0.2, 0.25) is 5.96 Å². The van der Waals surface area contributed by atoms with E-state index in [1.165, 1.54) is 12.8 Å². The van der Waals surface area contributed by atoms with Crippen molar-refractivity contribution in [3.63, 3.8) is 0 Å². The number of nitrogens with one attached hydrogen (secondary N) is 2. The first-order valence-corrected chi connectivity index (χ1v) is 5.52. The summed E-state index contributed by atoms with van der Waals surface area (Å²) in [6.45, 7) is 6.28. The summed E-state index contributed by atoms with van der Waals surface area (Å²) in [7, 11) is 0. The Hall–Kier alpha value is -0.770. The molecule has 2 unspecified atom stereocenters. The molecule has 0 aromatic carbocycles. The average Bonchev–Trinajstić information content (AvgIpc) is 2.88. The SMILES string of the molecule is CCCCNC(=NCC1CC1C)NN. The molecule has 4 heteroatoms. The van der Waals surface area contributed by atoms with Gasteiger partial charge in [-0.2, -0.15) is 0 Å². The quantitative estimate of drug-likeness (QED) is 0.202. The van der Waals surface area contributed by atoms with Crippen molar-refractivity contribution in [1.29, 1.82) is 0 Å². The normalized spacial score (nSPS) is 26.1. The molecule has 4 N–H and O–H groups in total. The molecule has 2 atom stereocenters. The second kappa shape index (κ2) is 5.86. The van der Waals surface area contributed by atoms with Crippen molar-refractivity contribution >= 4 is 5.96 Å². The number of rotatable bonds is 5. The lowest BCUT2D eigenvalue weighted by atomic mass is 10.3. The summed E-state index contributed by atoms with van der Waals surface area (Å²) in [6.07, 6.45) is 3.65. The zero-order valence-electron chi connectivity index (χ0n) is 9.21. The van der Waals surface area contributed by atoms with E-state index in [1.807, 2.05) is 0 Å². The van der Waals surface area contributed by atoms with Crippen LogP contribution in [0.4, 0.5) is 0 Å². The molecule has 82 valence electrons. The molecule has 0 heterocycles. The van der Waals surface area contributed by atoms with Gasteiger partial charge in [-0.05, 0) is 24.7 Å². The van der Waals surface area contributed by atoms with Crippen molar-refractivity contribution in [2.75, 3.05) is 13.1 Å². The Kier molecular flexibility index (Phi) is 4.73. The molecule has 0 aromatic heterocycles. The molecule has 4 nitrogen and oxygen atoms in total. The molecule has 0 bridgehead atoms. The van der Waals surface area contributed by atoms with Gasteiger partial charge in [0.05, 0.1) is 0 Å². The minimum atomic E-state index is 0.734. The first-order chi connectivity index (χ1) is 6.77. The van der Waals surface area contributed by atoms with Gasteiger partial charge in [0.25, 0.3) is 0 Å². The van der Waals surface area contributed by atoms with Crippen LogP contribution < -0.4 is 16.6 Å². The number of hydrogen-bond donors (Lipinski definition) is 3. The van der Waals surface area contributed by atoms with Gasteiger partial charge >= 0.3 is 0 Å². The molecule has 0 radical (unpaired) electrons. The fraction of sp³-hybridized carbons (Fsp3) is 0.900. The molecular formula is C10H22N4. The Morgan fingerprint density at radius 3 is 2.79 bits per heavy atom. The van der Waals surface area contributed by atoms with Crippen LogP contribution in [0.5, 0.6) is 0 Å². The molecule has 14 heavy (non-hydrogen) atoms. The number of guanidine groups is 1. The summed E-state index contributed by atoms with van der Waals surface area (Å²) in [5, 5.41) is 3.18. The zero-order chi connectivity index (χ0) is 10.4. The summed E-state index contributed by atoms with van der Waals surface area (Å²) in [5.41, 5.74) is 2.60. The van der Waals surface area contributed by atoms with Crippen molar-refractivity contribution in [3.8, 4) is 0 Å². The number of hydrogen-bond acceptors (Lipinski definition) is 2. The zero-order valence-corrected chi connectivity index (χ0v) is 9.21. The van der Waals surface area contributed by atoms with Crippen molar-refractivity contribution in [2.24, 2.45) is 22.7 Å². The van der Waals surface area contributed by atoms with E-state index in [0.29, 0.717) is 0 Å². The summed E-state index contributed by atoms with van der Waals surface area (Å²) in [6, 6.07) is 0. The third-order valence-corrected chi connectivity index (χ3v) is 2.72. The van der Waals surface area contributed by atoms with Crippen LogP contribution in [-0.4, -0.2) is 19.0 Å². The van der Waals surface area contributed by atoms with Gasteiger partial charge in [0.15, 0.2) is 0 Å². The van der Waals surface area contributed by atoms with E-state index in [9.17, 15) is 0 Å². The summed E-state index contributed by atoms with van der Waals surface area (Å²) < 4.78 is 0. The summed E-state index contributed by atoms with van der Waals surface area (Å²) >= 11 is 0. The van der Waals surface area contributed by atoms with Crippen LogP contribution >= 0.6 is 0 Å². The number of nitrogens with zero attached hydrogens (tertiary/aromatic N) is 1. The van der Waals surface area contributed by atoms with E-state index in [4.69, 9.17) is 5.84 Å². The predicted octanol–water partition coefficient (Wildman–Crippen LogP) is 0.851. The van der Waals surface area contributed by atoms with Crippen LogP contribution in [0.15, 0.2) is 4.99 Å². The molecule has 0 aliphatic heterocycles. The fourth-order valence-electron chi connectivity index (χ4n) is 1.40. The molecular weight excluding hydrogens is 176 g/mol. The van der Waals surface area contributed by atoms with Gasteiger partial charge < -0.3 is 5.32 Å². The summed E-state index contributed by atoms with van der Waals surface area (Å²) in [5.74, 6) is 7.73. The number of aliphatic imine (C=N–C) groups is 1. The standard InChI is InChI=1S/C10H22N4/c1-3-4-5-12-10(14-11)13-7-9-6-8(9)2/h8-9H,3-7,11H2,1-2H3,(H2,12,13,14). The Balaban J connectivity index is 2.15. The van der Waals surface area contributed by atoms with Crippen molar-refractivity contribution in [3.05, 3.63) is 0 Å². The first kappa shape index (κ1) is 11.3. The van der Waals surface area contributed by atoms with E-state index >= 15 is 0 Å². The number of nitrogens with two attached hydrogens (primary N) is 1.